The van der Waals surface area contributed by atoms with Crippen LogP contribution >= 0.6 is 0 Å². The summed E-state index contributed by atoms with van der Waals surface area (Å²) >= 11 is 0. The minimum Gasteiger partial charge on any atom is -0.361 e. The molecular weight excluding hydrogens is 282 g/mol. The Morgan fingerprint density at radius 3 is 2.83 bits per heavy atom. The predicted molar refractivity (Wildman–Crippen MR) is 92.2 cm³/mol. The van der Waals surface area contributed by atoms with Crippen molar-refractivity contribution in [2.75, 3.05) is 0 Å². The lowest BCUT2D eigenvalue weighted by Gasteiger charge is -2.14. The molecule has 23 heavy (non-hydrogen) atoms. The van der Waals surface area contributed by atoms with Gasteiger partial charge in [-0.05, 0) is 42.7 Å². The highest BCUT2D eigenvalue weighted by atomic mass is 15.0. The highest BCUT2D eigenvalue weighted by Gasteiger charge is 2.40. The number of hydrogen-bond donors (Lipinski definition) is 2. The summed E-state index contributed by atoms with van der Waals surface area (Å²) in [7, 11) is 0. The maximum atomic E-state index is 9.10. The number of H-pyrrole nitrogens is 1. The molecule has 3 unspecified atom stereocenters. The molecule has 0 saturated heterocycles. The molecule has 2 aromatic carbocycles. The molecule has 1 fully saturated rings. The predicted octanol–water partition coefficient (Wildman–Crippen LogP) is 4.25. The molecule has 3 aromatic rings. The van der Waals surface area contributed by atoms with E-state index in [-0.39, 0.29) is 0 Å². The number of nitrogens with one attached hydrogen (secondary N) is 2. The third kappa shape index (κ3) is 2.62. The van der Waals surface area contributed by atoms with Crippen LogP contribution in [0.1, 0.15) is 42.0 Å². The average molecular weight is 301 g/mol. The third-order valence-corrected chi connectivity index (χ3v) is 4.80. The van der Waals surface area contributed by atoms with Gasteiger partial charge in [0.15, 0.2) is 0 Å². The molecule has 3 atom stereocenters. The van der Waals surface area contributed by atoms with Gasteiger partial charge in [-0.25, -0.2) is 0 Å². The first kappa shape index (κ1) is 14.0. The van der Waals surface area contributed by atoms with Crippen molar-refractivity contribution in [2.24, 2.45) is 0 Å². The van der Waals surface area contributed by atoms with Gasteiger partial charge in [-0.15, -0.1) is 0 Å². The highest BCUT2D eigenvalue weighted by Crippen LogP contribution is 2.44. The first-order chi connectivity index (χ1) is 11.3. The van der Waals surface area contributed by atoms with Crippen LogP contribution in [-0.2, 0) is 0 Å². The summed E-state index contributed by atoms with van der Waals surface area (Å²) in [5, 5.41) is 14.0. The number of hydrogen-bond acceptors (Lipinski definition) is 2. The van der Waals surface area contributed by atoms with Crippen LogP contribution in [0.15, 0.2) is 54.7 Å². The summed E-state index contributed by atoms with van der Waals surface area (Å²) in [6, 6.07) is 19.5. The fourth-order valence-electron chi connectivity index (χ4n) is 3.40. The summed E-state index contributed by atoms with van der Waals surface area (Å²) in [6.07, 6.45) is 3.26. The van der Waals surface area contributed by atoms with Crippen LogP contribution in [0.4, 0.5) is 0 Å². The number of rotatable bonds is 4. The number of fused-ring (bicyclic) bond motifs is 1. The summed E-state index contributed by atoms with van der Waals surface area (Å²) in [4.78, 5) is 3.33. The van der Waals surface area contributed by atoms with Gasteiger partial charge in [0, 0.05) is 35.1 Å². The van der Waals surface area contributed by atoms with Crippen molar-refractivity contribution < 1.29 is 0 Å². The Hall–Kier alpha value is -2.57. The SMILES string of the molecule is CC(NC1CC1c1c[nH]c2ccc(C#N)cc12)c1ccccc1. The standard InChI is InChI=1S/C20H19N3/c1-13(15-5-3-2-4-6-15)23-20-10-17(20)18-12-22-19-8-7-14(11-21)9-16(18)19/h2-9,12-13,17,20,22-23H,10H2,1H3. The Morgan fingerprint density at radius 2 is 2.04 bits per heavy atom. The summed E-state index contributed by atoms with van der Waals surface area (Å²) in [5.74, 6) is 0.531. The van der Waals surface area contributed by atoms with Crippen molar-refractivity contribution in [2.45, 2.75) is 31.3 Å². The molecule has 3 nitrogen and oxygen atoms in total. The van der Waals surface area contributed by atoms with Gasteiger partial charge in [0.05, 0.1) is 11.6 Å². The van der Waals surface area contributed by atoms with Crippen LogP contribution in [0.2, 0.25) is 0 Å². The molecule has 114 valence electrons. The summed E-state index contributed by atoms with van der Waals surface area (Å²) < 4.78 is 0. The zero-order valence-corrected chi connectivity index (χ0v) is 13.1. The van der Waals surface area contributed by atoms with E-state index in [1.165, 1.54) is 16.5 Å². The summed E-state index contributed by atoms with van der Waals surface area (Å²) in [6.45, 7) is 2.22. The molecule has 0 spiro atoms. The first-order valence-electron chi connectivity index (χ1n) is 8.08. The molecule has 4 rings (SSSR count). The molecule has 0 radical (unpaired) electrons. The van der Waals surface area contributed by atoms with E-state index in [2.05, 4.69) is 59.8 Å². The second-order valence-corrected chi connectivity index (χ2v) is 6.36. The van der Waals surface area contributed by atoms with Gasteiger partial charge in [-0.2, -0.15) is 5.26 Å². The Morgan fingerprint density at radius 1 is 1.22 bits per heavy atom. The highest BCUT2D eigenvalue weighted by molar-refractivity contribution is 5.85. The molecule has 3 heteroatoms. The molecule has 1 aliphatic rings. The van der Waals surface area contributed by atoms with Gasteiger partial charge in [0.25, 0.3) is 0 Å². The Labute approximate surface area is 136 Å². The Bertz CT molecular complexity index is 873. The largest absolute Gasteiger partial charge is 0.361 e. The molecule has 1 saturated carbocycles. The maximum absolute atomic E-state index is 9.10. The molecule has 0 bridgehead atoms. The average Bonchev–Trinajstić information content (AvgIpc) is 3.22. The monoisotopic (exact) mass is 301 g/mol. The Kier molecular flexibility index (Phi) is 3.40. The van der Waals surface area contributed by atoms with E-state index in [1.807, 2.05) is 18.2 Å². The molecule has 1 aliphatic carbocycles. The Balaban J connectivity index is 1.52. The molecular formula is C20H19N3. The van der Waals surface area contributed by atoms with Gasteiger partial charge in [0.1, 0.15) is 0 Å². The van der Waals surface area contributed by atoms with Crippen LogP contribution in [0.5, 0.6) is 0 Å². The van der Waals surface area contributed by atoms with Crippen molar-refractivity contribution in [1.29, 1.82) is 5.26 Å². The second kappa shape index (κ2) is 5.57. The third-order valence-electron chi connectivity index (χ3n) is 4.80. The fraction of sp³-hybridized carbons (Fsp3) is 0.250. The van der Waals surface area contributed by atoms with Crippen LogP contribution in [0.25, 0.3) is 10.9 Å². The van der Waals surface area contributed by atoms with E-state index in [1.54, 1.807) is 0 Å². The van der Waals surface area contributed by atoms with Crippen molar-refractivity contribution in [3.8, 4) is 6.07 Å². The van der Waals surface area contributed by atoms with Crippen LogP contribution in [0.3, 0.4) is 0 Å². The zero-order valence-electron chi connectivity index (χ0n) is 13.1. The van der Waals surface area contributed by atoms with Crippen molar-refractivity contribution >= 4 is 10.9 Å². The van der Waals surface area contributed by atoms with Crippen LogP contribution < -0.4 is 5.32 Å². The van der Waals surface area contributed by atoms with E-state index in [4.69, 9.17) is 5.26 Å². The number of aromatic nitrogens is 1. The van der Waals surface area contributed by atoms with E-state index in [0.717, 1.165) is 17.5 Å². The van der Waals surface area contributed by atoms with Gasteiger partial charge < -0.3 is 10.3 Å². The number of aromatic amines is 1. The zero-order chi connectivity index (χ0) is 15.8. The molecule has 2 N–H and O–H groups in total. The quantitative estimate of drug-likeness (QED) is 0.757. The topological polar surface area (TPSA) is 51.6 Å². The lowest BCUT2D eigenvalue weighted by atomic mass is 10.1. The summed E-state index contributed by atoms with van der Waals surface area (Å²) in [5.41, 5.74) is 4.49. The van der Waals surface area contributed by atoms with Crippen molar-refractivity contribution in [3.63, 3.8) is 0 Å². The first-order valence-corrected chi connectivity index (χ1v) is 8.08. The van der Waals surface area contributed by atoms with Gasteiger partial charge in [-0.1, -0.05) is 30.3 Å². The normalized spacial score (nSPS) is 21.0. The van der Waals surface area contributed by atoms with Gasteiger partial charge in [0.2, 0.25) is 0 Å². The van der Waals surface area contributed by atoms with E-state index in [9.17, 15) is 0 Å². The van der Waals surface area contributed by atoms with Gasteiger partial charge >= 0.3 is 0 Å². The van der Waals surface area contributed by atoms with Crippen LogP contribution in [-0.4, -0.2) is 11.0 Å². The minimum absolute atomic E-state index is 0.353. The number of nitriles is 1. The molecule has 0 amide bonds. The molecule has 1 heterocycles. The van der Waals surface area contributed by atoms with E-state index >= 15 is 0 Å². The number of benzene rings is 2. The van der Waals surface area contributed by atoms with Crippen molar-refractivity contribution in [3.05, 3.63) is 71.4 Å². The smallest absolute Gasteiger partial charge is 0.0991 e. The fourth-order valence-corrected chi connectivity index (χ4v) is 3.40. The van der Waals surface area contributed by atoms with Gasteiger partial charge in [-0.3, -0.25) is 0 Å². The maximum Gasteiger partial charge on any atom is 0.0991 e. The van der Waals surface area contributed by atoms with Crippen molar-refractivity contribution in [1.82, 2.24) is 10.3 Å². The molecule has 1 aromatic heterocycles. The second-order valence-electron chi connectivity index (χ2n) is 6.36. The lowest BCUT2D eigenvalue weighted by molar-refractivity contribution is 0.563. The van der Waals surface area contributed by atoms with Crippen LogP contribution in [0, 0.1) is 11.3 Å². The lowest BCUT2D eigenvalue weighted by Crippen LogP contribution is -2.22. The minimum atomic E-state index is 0.353. The molecule has 0 aliphatic heterocycles. The number of nitrogens with zero attached hydrogens (tertiary/aromatic N) is 1. The van der Waals surface area contributed by atoms with E-state index in [0.29, 0.717) is 18.0 Å². The van der Waals surface area contributed by atoms with E-state index < -0.39 is 0 Å².